The van der Waals surface area contributed by atoms with Crippen LogP contribution in [-0.4, -0.2) is 37.9 Å². The Labute approximate surface area is 116 Å². The van der Waals surface area contributed by atoms with Crippen molar-refractivity contribution in [1.29, 1.82) is 0 Å². The maximum absolute atomic E-state index is 11.6. The largest absolute Gasteiger partial charge is 0.490 e. The molecule has 1 aromatic rings. The van der Waals surface area contributed by atoms with E-state index in [0.29, 0.717) is 24.5 Å². The summed E-state index contributed by atoms with van der Waals surface area (Å²) in [5, 5.41) is 0. The lowest BCUT2D eigenvalue weighted by atomic mass is 10.3. The highest BCUT2D eigenvalue weighted by atomic mass is 16.6. The smallest absolute Gasteiger partial charge is 0.347 e. The van der Waals surface area contributed by atoms with Gasteiger partial charge in [-0.3, -0.25) is 0 Å². The van der Waals surface area contributed by atoms with Crippen LogP contribution >= 0.6 is 0 Å². The maximum Gasteiger partial charge on any atom is 0.347 e. The van der Waals surface area contributed by atoms with Crippen LogP contribution in [0.15, 0.2) is 24.3 Å². The molecule has 1 unspecified atom stereocenters. The topological polar surface area (TPSA) is 71.1 Å². The van der Waals surface area contributed by atoms with E-state index in [0.717, 1.165) is 0 Å². The van der Waals surface area contributed by atoms with Crippen LogP contribution in [0.2, 0.25) is 0 Å². The first-order valence-electron chi connectivity index (χ1n) is 6.41. The van der Waals surface area contributed by atoms with Crippen molar-refractivity contribution in [2.45, 2.75) is 19.4 Å². The highest BCUT2D eigenvalue weighted by molar-refractivity contribution is 5.81. The van der Waals surface area contributed by atoms with Crippen LogP contribution in [-0.2, 0) is 19.1 Å². The lowest BCUT2D eigenvalue weighted by molar-refractivity contribution is -0.161. The molecule has 20 heavy (non-hydrogen) atoms. The molecule has 108 valence electrons. The molecular weight excluding hydrogens is 264 g/mol. The van der Waals surface area contributed by atoms with E-state index in [1.165, 1.54) is 0 Å². The number of esters is 2. The molecule has 0 saturated carbocycles. The van der Waals surface area contributed by atoms with Crippen molar-refractivity contribution < 1.29 is 28.5 Å². The molecule has 6 nitrogen and oxygen atoms in total. The minimum absolute atomic E-state index is 0.283. The van der Waals surface area contributed by atoms with E-state index in [9.17, 15) is 9.59 Å². The van der Waals surface area contributed by atoms with E-state index < -0.39 is 18.0 Å². The third kappa shape index (κ3) is 3.63. The first-order valence-corrected chi connectivity index (χ1v) is 6.41. The van der Waals surface area contributed by atoms with Gasteiger partial charge in [0, 0.05) is 6.42 Å². The normalized spacial score (nSPS) is 17.4. The summed E-state index contributed by atoms with van der Waals surface area (Å²) >= 11 is 0. The van der Waals surface area contributed by atoms with E-state index in [2.05, 4.69) is 0 Å². The van der Waals surface area contributed by atoms with Gasteiger partial charge in [-0.05, 0) is 19.1 Å². The standard InChI is InChI=1S/C14H16O6/c1-2-17-10-5-3-4-6-11(10)19-9-13(15)20-12-7-8-18-14(12)16/h3-6,12H,2,7-9H2,1H3. The molecule has 0 aliphatic carbocycles. The number of carbonyl (C=O) groups excluding carboxylic acids is 2. The molecule has 0 spiro atoms. The Bertz CT molecular complexity index is 484. The molecule has 0 N–H and O–H groups in total. The van der Waals surface area contributed by atoms with Gasteiger partial charge in [-0.25, -0.2) is 9.59 Å². The lowest BCUT2D eigenvalue weighted by Crippen LogP contribution is -2.26. The molecule has 1 atom stereocenters. The fraction of sp³-hybridized carbons (Fsp3) is 0.429. The predicted molar refractivity (Wildman–Crippen MR) is 68.6 cm³/mol. The molecule has 0 bridgehead atoms. The maximum atomic E-state index is 11.6. The van der Waals surface area contributed by atoms with Crippen molar-refractivity contribution in [3.8, 4) is 11.5 Å². The quantitative estimate of drug-likeness (QED) is 0.732. The SMILES string of the molecule is CCOc1ccccc1OCC(=O)OC1CCOC1=O. The average molecular weight is 280 g/mol. The predicted octanol–water partition coefficient (Wildman–Crippen LogP) is 1.32. The third-order valence-corrected chi connectivity index (χ3v) is 2.66. The molecule has 6 heteroatoms. The summed E-state index contributed by atoms with van der Waals surface area (Å²) in [6, 6.07) is 7.03. The number of ether oxygens (including phenoxy) is 4. The van der Waals surface area contributed by atoms with Gasteiger partial charge >= 0.3 is 11.9 Å². The fourth-order valence-electron chi connectivity index (χ4n) is 1.76. The molecule has 2 rings (SSSR count). The number of cyclic esters (lactones) is 1. The van der Waals surface area contributed by atoms with Gasteiger partial charge in [0.1, 0.15) is 0 Å². The van der Waals surface area contributed by atoms with Gasteiger partial charge in [-0.1, -0.05) is 12.1 Å². The van der Waals surface area contributed by atoms with E-state index >= 15 is 0 Å². The Morgan fingerprint density at radius 3 is 2.60 bits per heavy atom. The summed E-state index contributed by atoms with van der Waals surface area (Å²) in [4.78, 5) is 22.8. The molecule has 0 amide bonds. The molecule has 0 radical (unpaired) electrons. The van der Waals surface area contributed by atoms with Crippen molar-refractivity contribution >= 4 is 11.9 Å². The number of hydrogen-bond donors (Lipinski definition) is 0. The van der Waals surface area contributed by atoms with E-state index in [1.54, 1.807) is 18.2 Å². The molecule has 1 aliphatic rings. The first kappa shape index (κ1) is 14.2. The highest BCUT2D eigenvalue weighted by Gasteiger charge is 2.30. The van der Waals surface area contributed by atoms with Crippen molar-refractivity contribution in [3.05, 3.63) is 24.3 Å². The summed E-state index contributed by atoms with van der Waals surface area (Å²) < 4.78 is 20.4. The zero-order chi connectivity index (χ0) is 14.4. The Morgan fingerprint density at radius 2 is 2.00 bits per heavy atom. The summed E-state index contributed by atoms with van der Waals surface area (Å²) in [6.07, 6.45) is -0.423. The summed E-state index contributed by atoms with van der Waals surface area (Å²) in [7, 11) is 0. The van der Waals surface area contributed by atoms with Crippen LogP contribution in [0.1, 0.15) is 13.3 Å². The number of para-hydroxylation sites is 2. The minimum Gasteiger partial charge on any atom is -0.490 e. The van der Waals surface area contributed by atoms with Crippen LogP contribution in [0, 0.1) is 0 Å². The molecule has 1 aromatic carbocycles. The lowest BCUT2D eigenvalue weighted by Gasteiger charge is -2.12. The minimum atomic E-state index is -0.812. The third-order valence-electron chi connectivity index (χ3n) is 2.66. The van der Waals surface area contributed by atoms with Crippen molar-refractivity contribution in [3.63, 3.8) is 0 Å². The van der Waals surface area contributed by atoms with Gasteiger partial charge in [-0.2, -0.15) is 0 Å². The molecule has 1 fully saturated rings. The van der Waals surface area contributed by atoms with Crippen LogP contribution in [0.5, 0.6) is 11.5 Å². The molecular formula is C14H16O6. The monoisotopic (exact) mass is 280 g/mol. The van der Waals surface area contributed by atoms with Gasteiger partial charge in [0.25, 0.3) is 0 Å². The second-order valence-corrected chi connectivity index (χ2v) is 4.10. The summed E-state index contributed by atoms with van der Waals surface area (Å²) in [5.41, 5.74) is 0. The molecule has 0 aromatic heterocycles. The number of benzene rings is 1. The van der Waals surface area contributed by atoms with Crippen LogP contribution in [0.25, 0.3) is 0 Å². The van der Waals surface area contributed by atoms with E-state index in [-0.39, 0.29) is 13.2 Å². The van der Waals surface area contributed by atoms with Crippen LogP contribution < -0.4 is 9.47 Å². The fourth-order valence-corrected chi connectivity index (χ4v) is 1.76. The summed E-state index contributed by atoms with van der Waals surface area (Å²) in [5.74, 6) is -0.100. The van der Waals surface area contributed by atoms with E-state index in [1.807, 2.05) is 13.0 Å². The Kier molecular flexibility index (Phi) is 4.81. The van der Waals surface area contributed by atoms with Gasteiger partial charge < -0.3 is 18.9 Å². The Balaban J connectivity index is 1.85. The zero-order valence-electron chi connectivity index (χ0n) is 11.2. The van der Waals surface area contributed by atoms with Crippen molar-refractivity contribution in [2.24, 2.45) is 0 Å². The summed E-state index contributed by atoms with van der Waals surface area (Å²) in [6.45, 7) is 2.36. The second kappa shape index (κ2) is 6.79. The van der Waals surface area contributed by atoms with Gasteiger partial charge in [-0.15, -0.1) is 0 Å². The van der Waals surface area contributed by atoms with Crippen LogP contribution in [0.4, 0.5) is 0 Å². The van der Waals surface area contributed by atoms with Crippen LogP contribution in [0.3, 0.4) is 0 Å². The van der Waals surface area contributed by atoms with Gasteiger partial charge in [0.05, 0.1) is 13.2 Å². The number of hydrogen-bond acceptors (Lipinski definition) is 6. The first-order chi connectivity index (χ1) is 9.70. The number of carbonyl (C=O) groups is 2. The molecule has 1 aliphatic heterocycles. The number of rotatable bonds is 6. The second-order valence-electron chi connectivity index (χ2n) is 4.10. The van der Waals surface area contributed by atoms with Gasteiger partial charge in [0.15, 0.2) is 18.1 Å². The van der Waals surface area contributed by atoms with Crippen molar-refractivity contribution in [2.75, 3.05) is 19.8 Å². The highest BCUT2D eigenvalue weighted by Crippen LogP contribution is 2.26. The Hall–Kier alpha value is -2.24. The van der Waals surface area contributed by atoms with Crippen molar-refractivity contribution in [1.82, 2.24) is 0 Å². The zero-order valence-corrected chi connectivity index (χ0v) is 11.2. The molecule has 1 saturated heterocycles. The molecule has 1 heterocycles. The Morgan fingerprint density at radius 1 is 1.30 bits per heavy atom. The van der Waals surface area contributed by atoms with E-state index in [4.69, 9.17) is 18.9 Å². The van der Waals surface area contributed by atoms with Gasteiger partial charge in [0.2, 0.25) is 6.10 Å². The average Bonchev–Trinajstić information content (AvgIpc) is 2.84.